The van der Waals surface area contributed by atoms with Crippen LogP contribution in [0.5, 0.6) is 0 Å². The van der Waals surface area contributed by atoms with E-state index < -0.39 is 0 Å². The average Bonchev–Trinajstić information content (AvgIpc) is 2.34. The van der Waals surface area contributed by atoms with Gasteiger partial charge in [-0.25, -0.2) is 9.97 Å². The Morgan fingerprint density at radius 1 is 1.22 bits per heavy atom. The summed E-state index contributed by atoms with van der Waals surface area (Å²) >= 11 is 11.8. The predicted molar refractivity (Wildman–Crippen MR) is 73.9 cm³/mol. The lowest BCUT2D eigenvalue weighted by Gasteiger charge is -2.12. The molecule has 0 fully saturated rings. The maximum atomic E-state index is 6.12. The van der Waals surface area contributed by atoms with Crippen molar-refractivity contribution in [2.24, 2.45) is 5.73 Å². The molecule has 94 valence electrons. The molecule has 2 N–H and O–H groups in total. The summed E-state index contributed by atoms with van der Waals surface area (Å²) in [5, 5.41) is 1.09. The minimum atomic E-state index is -0.177. The van der Waals surface area contributed by atoms with Crippen molar-refractivity contribution < 1.29 is 0 Å². The molecule has 0 aliphatic heterocycles. The molecule has 18 heavy (non-hydrogen) atoms. The number of nitrogens with zero attached hydrogens (tertiary/aromatic N) is 2. The van der Waals surface area contributed by atoms with Gasteiger partial charge in [0.1, 0.15) is 5.82 Å². The van der Waals surface area contributed by atoms with E-state index in [1.807, 2.05) is 25.1 Å². The van der Waals surface area contributed by atoms with E-state index in [-0.39, 0.29) is 6.04 Å². The van der Waals surface area contributed by atoms with Crippen molar-refractivity contribution in [3.8, 4) is 0 Å². The lowest BCUT2D eigenvalue weighted by molar-refractivity contribution is 0.688. The van der Waals surface area contributed by atoms with Crippen molar-refractivity contribution in [3.63, 3.8) is 0 Å². The molecular weight excluding hydrogens is 269 g/mol. The number of halogens is 2. The van der Waals surface area contributed by atoms with Crippen LogP contribution >= 0.6 is 23.2 Å². The Kier molecular flexibility index (Phi) is 4.17. The van der Waals surface area contributed by atoms with Crippen LogP contribution in [0.15, 0.2) is 30.5 Å². The Balaban J connectivity index is 2.16. The SMILES string of the molecule is Cc1nccc(C(N)Cc2ccc(Cl)c(Cl)c2)n1. The third-order valence-electron chi connectivity index (χ3n) is 2.62. The maximum absolute atomic E-state index is 6.12. The van der Waals surface area contributed by atoms with Gasteiger partial charge < -0.3 is 5.73 Å². The molecule has 0 amide bonds. The van der Waals surface area contributed by atoms with E-state index in [4.69, 9.17) is 28.9 Å². The Bertz CT molecular complexity index is 558. The van der Waals surface area contributed by atoms with Gasteiger partial charge in [-0.3, -0.25) is 0 Å². The smallest absolute Gasteiger partial charge is 0.125 e. The molecule has 1 unspecified atom stereocenters. The molecule has 0 spiro atoms. The second kappa shape index (κ2) is 5.65. The van der Waals surface area contributed by atoms with Gasteiger partial charge >= 0.3 is 0 Å². The van der Waals surface area contributed by atoms with E-state index >= 15 is 0 Å². The Morgan fingerprint density at radius 2 is 2.00 bits per heavy atom. The molecule has 1 aromatic carbocycles. The first-order chi connectivity index (χ1) is 8.56. The van der Waals surface area contributed by atoms with Crippen LogP contribution in [0.25, 0.3) is 0 Å². The van der Waals surface area contributed by atoms with Gasteiger partial charge in [-0.05, 0) is 37.1 Å². The summed E-state index contributed by atoms with van der Waals surface area (Å²) in [6, 6.07) is 7.18. The second-order valence-electron chi connectivity index (χ2n) is 4.09. The van der Waals surface area contributed by atoms with Crippen LogP contribution < -0.4 is 5.73 Å². The van der Waals surface area contributed by atoms with Crippen molar-refractivity contribution >= 4 is 23.2 Å². The topological polar surface area (TPSA) is 51.8 Å². The molecular formula is C13H13Cl2N3. The molecule has 0 bridgehead atoms. The normalized spacial score (nSPS) is 12.4. The quantitative estimate of drug-likeness (QED) is 0.939. The van der Waals surface area contributed by atoms with Crippen molar-refractivity contribution in [1.29, 1.82) is 0 Å². The van der Waals surface area contributed by atoms with Crippen molar-refractivity contribution in [1.82, 2.24) is 9.97 Å². The number of hydrogen-bond donors (Lipinski definition) is 1. The molecule has 0 radical (unpaired) electrons. The predicted octanol–water partition coefficient (Wildman–Crippen LogP) is 3.33. The summed E-state index contributed by atoms with van der Waals surface area (Å²) in [5.74, 6) is 0.720. The highest BCUT2D eigenvalue weighted by Gasteiger charge is 2.10. The van der Waals surface area contributed by atoms with Crippen LogP contribution in [-0.4, -0.2) is 9.97 Å². The highest BCUT2D eigenvalue weighted by Crippen LogP contribution is 2.24. The van der Waals surface area contributed by atoms with Crippen LogP contribution in [0.3, 0.4) is 0 Å². The van der Waals surface area contributed by atoms with E-state index in [9.17, 15) is 0 Å². The zero-order valence-corrected chi connectivity index (χ0v) is 11.4. The number of nitrogens with two attached hydrogens (primary N) is 1. The fraction of sp³-hybridized carbons (Fsp3) is 0.231. The number of benzene rings is 1. The van der Waals surface area contributed by atoms with E-state index in [1.165, 1.54) is 0 Å². The number of hydrogen-bond acceptors (Lipinski definition) is 3. The molecule has 1 heterocycles. The molecule has 5 heteroatoms. The van der Waals surface area contributed by atoms with Crippen LogP contribution in [0.4, 0.5) is 0 Å². The van der Waals surface area contributed by atoms with Gasteiger partial charge in [-0.15, -0.1) is 0 Å². The van der Waals surface area contributed by atoms with Crippen molar-refractivity contribution in [2.75, 3.05) is 0 Å². The third kappa shape index (κ3) is 3.19. The molecule has 0 saturated heterocycles. The maximum Gasteiger partial charge on any atom is 0.125 e. The van der Waals surface area contributed by atoms with E-state index in [1.54, 1.807) is 12.3 Å². The molecule has 1 aromatic heterocycles. The number of aryl methyl sites for hydroxylation is 1. The van der Waals surface area contributed by atoms with E-state index in [2.05, 4.69) is 9.97 Å². The first kappa shape index (κ1) is 13.3. The molecule has 1 atom stereocenters. The lowest BCUT2D eigenvalue weighted by Crippen LogP contribution is -2.15. The summed E-state index contributed by atoms with van der Waals surface area (Å²) < 4.78 is 0. The van der Waals surface area contributed by atoms with Crippen molar-refractivity contribution in [2.45, 2.75) is 19.4 Å². The monoisotopic (exact) mass is 281 g/mol. The summed E-state index contributed by atoms with van der Waals surface area (Å²) in [4.78, 5) is 8.36. The van der Waals surface area contributed by atoms with Gasteiger partial charge in [0, 0.05) is 6.20 Å². The van der Waals surface area contributed by atoms with Gasteiger partial charge in [-0.2, -0.15) is 0 Å². The van der Waals surface area contributed by atoms with Crippen LogP contribution in [0.1, 0.15) is 23.1 Å². The van der Waals surface area contributed by atoms with E-state index in [0.29, 0.717) is 16.5 Å². The van der Waals surface area contributed by atoms with E-state index in [0.717, 1.165) is 17.1 Å². The molecule has 0 saturated carbocycles. The molecule has 2 aromatic rings. The van der Waals surface area contributed by atoms with Gasteiger partial charge in [0.15, 0.2) is 0 Å². The highest BCUT2D eigenvalue weighted by molar-refractivity contribution is 6.42. The summed E-state index contributed by atoms with van der Waals surface area (Å²) in [7, 11) is 0. The van der Waals surface area contributed by atoms with Gasteiger partial charge in [-0.1, -0.05) is 29.3 Å². The second-order valence-corrected chi connectivity index (χ2v) is 4.90. The highest BCUT2D eigenvalue weighted by atomic mass is 35.5. The zero-order valence-electron chi connectivity index (χ0n) is 9.90. The minimum Gasteiger partial charge on any atom is -0.322 e. The summed E-state index contributed by atoms with van der Waals surface area (Å²) in [6.07, 6.45) is 2.37. The largest absolute Gasteiger partial charge is 0.322 e. The van der Waals surface area contributed by atoms with Gasteiger partial charge in [0.05, 0.1) is 21.8 Å². The van der Waals surface area contributed by atoms with Gasteiger partial charge in [0.25, 0.3) is 0 Å². The van der Waals surface area contributed by atoms with Crippen LogP contribution in [-0.2, 0) is 6.42 Å². The first-order valence-electron chi connectivity index (χ1n) is 5.55. The fourth-order valence-corrected chi connectivity index (χ4v) is 2.03. The molecule has 0 aliphatic rings. The summed E-state index contributed by atoms with van der Waals surface area (Å²) in [6.45, 7) is 1.84. The zero-order chi connectivity index (χ0) is 13.1. The minimum absolute atomic E-state index is 0.177. The lowest BCUT2D eigenvalue weighted by atomic mass is 10.0. The molecule has 3 nitrogen and oxygen atoms in total. The van der Waals surface area contributed by atoms with Crippen LogP contribution in [0, 0.1) is 6.92 Å². The molecule has 0 aliphatic carbocycles. The average molecular weight is 282 g/mol. The van der Waals surface area contributed by atoms with Crippen molar-refractivity contribution in [3.05, 3.63) is 57.6 Å². The Morgan fingerprint density at radius 3 is 2.67 bits per heavy atom. The molecule has 2 rings (SSSR count). The van der Waals surface area contributed by atoms with Crippen LogP contribution in [0.2, 0.25) is 10.0 Å². The Hall–Kier alpha value is -1.16. The number of aromatic nitrogens is 2. The third-order valence-corrected chi connectivity index (χ3v) is 3.36. The summed E-state index contributed by atoms with van der Waals surface area (Å²) in [5.41, 5.74) is 7.98. The standard InChI is InChI=1S/C13H13Cl2N3/c1-8-17-5-4-13(18-8)12(16)7-9-2-3-10(14)11(15)6-9/h2-6,12H,7,16H2,1H3. The van der Waals surface area contributed by atoms with Gasteiger partial charge in [0.2, 0.25) is 0 Å². The Labute approximate surface area is 116 Å². The first-order valence-corrected chi connectivity index (χ1v) is 6.31. The number of rotatable bonds is 3. The fourth-order valence-electron chi connectivity index (χ4n) is 1.71.